The molecule has 7 heteroatoms. The highest BCUT2D eigenvalue weighted by molar-refractivity contribution is 7.89. The third-order valence-electron chi connectivity index (χ3n) is 4.51. The molecule has 6 nitrogen and oxygen atoms in total. The second kappa shape index (κ2) is 9.56. The van der Waals surface area contributed by atoms with Crippen molar-refractivity contribution in [3.63, 3.8) is 0 Å². The average molecular weight is 425 g/mol. The molecule has 0 aliphatic rings. The molecule has 0 aromatic heterocycles. The molecule has 0 aliphatic carbocycles. The maximum atomic E-state index is 12.7. The number of ether oxygens (including phenoxy) is 1. The topological polar surface area (TPSA) is 75.7 Å². The summed E-state index contributed by atoms with van der Waals surface area (Å²) in [6, 6.07) is 22.4. The fourth-order valence-electron chi connectivity index (χ4n) is 2.92. The Morgan fingerprint density at radius 2 is 1.57 bits per heavy atom. The zero-order valence-corrected chi connectivity index (χ0v) is 17.7. The van der Waals surface area contributed by atoms with Gasteiger partial charge in [0, 0.05) is 19.2 Å². The van der Waals surface area contributed by atoms with Crippen LogP contribution < -0.4 is 10.1 Å². The van der Waals surface area contributed by atoms with Gasteiger partial charge in [-0.05, 0) is 48.9 Å². The van der Waals surface area contributed by atoms with E-state index in [1.807, 2.05) is 19.1 Å². The van der Waals surface area contributed by atoms with Gasteiger partial charge in [0.25, 0.3) is 5.91 Å². The highest BCUT2D eigenvalue weighted by atomic mass is 32.2. The van der Waals surface area contributed by atoms with Crippen LogP contribution in [0.15, 0.2) is 83.8 Å². The molecule has 0 bridgehead atoms. The molecule has 3 aromatic rings. The van der Waals surface area contributed by atoms with E-state index in [4.69, 9.17) is 4.74 Å². The average Bonchev–Trinajstić information content (AvgIpc) is 2.76. The third kappa shape index (κ3) is 5.06. The summed E-state index contributed by atoms with van der Waals surface area (Å²) < 4.78 is 32.1. The Morgan fingerprint density at radius 3 is 2.23 bits per heavy atom. The van der Waals surface area contributed by atoms with Gasteiger partial charge in [0.05, 0.1) is 17.2 Å². The first-order valence-corrected chi connectivity index (χ1v) is 11.0. The van der Waals surface area contributed by atoms with Gasteiger partial charge in [-0.1, -0.05) is 42.5 Å². The van der Waals surface area contributed by atoms with E-state index >= 15 is 0 Å². The van der Waals surface area contributed by atoms with Crippen molar-refractivity contribution in [3.05, 3.63) is 90.0 Å². The molecule has 0 unspecified atom stereocenters. The monoisotopic (exact) mass is 424 g/mol. The number of hydrogen-bond acceptors (Lipinski definition) is 4. The quantitative estimate of drug-likeness (QED) is 0.589. The van der Waals surface area contributed by atoms with Crippen LogP contribution in [0.1, 0.15) is 22.8 Å². The molecule has 0 spiro atoms. The normalized spacial score (nSPS) is 11.3. The van der Waals surface area contributed by atoms with E-state index in [1.54, 1.807) is 66.7 Å². The van der Waals surface area contributed by atoms with Crippen molar-refractivity contribution in [2.75, 3.05) is 19.0 Å². The van der Waals surface area contributed by atoms with Gasteiger partial charge in [-0.2, -0.15) is 4.31 Å². The molecular formula is C23H24N2O4S. The van der Waals surface area contributed by atoms with Crippen molar-refractivity contribution < 1.29 is 17.9 Å². The fraction of sp³-hybridized carbons (Fsp3) is 0.174. The number of para-hydroxylation sites is 2. The molecule has 0 aliphatic heterocycles. The van der Waals surface area contributed by atoms with Crippen LogP contribution in [-0.2, 0) is 16.6 Å². The van der Waals surface area contributed by atoms with Gasteiger partial charge >= 0.3 is 0 Å². The second-order valence-corrected chi connectivity index (χ2v) is 8.70. The number of rotatable bonds is 8. The Bertz CT molecular complexity index is 1100. The molecule has 3 rings (SSSR count). The first-order chi connectivity index (χ1) is 14.4. The largest absolute Gasteiger partial charge is 0.492 e. The van der Waals surface area contributed by atoms with Crippen molar-refractivity contribution in [1.29, 1.82) is 0 Å². The van der Waals surface area contributed by atoms with E-state index in [1.165, 1.54) is 11.4 Å². The van der Waals surface area contributed by atoms with Gasteiger partial charge in [-0.3, -0.25) is 4.79 Å². The number of sulfonamides is 1. The SMILES string of the molecule is CCOc1ccccc1NC(=O)c1ccc(CN(C)S(=O)(=O)c2ccccc2)cc1. The van der Waals surface area contributed by atoms with E-state index in [0.29, 0.717) is 23.6 Å². The van der Waals surface area contributed by atoms with Crippen LogP contribution in [-0.4, -0.2) is 32.3 Å². The molecular weight excluding hydrogens is 400 g/mol. The summed E-state index contributed by atoms with van der Waals surface area (Å²) in [5.41, 5.74) is 1.85. The maximum Gasteiger partial charge on any atom is 0.255 e. The molecule has 1 amide bonds. The highest BCUT2D eigenvalue weighted by Crippen LogP contribution is 2.24. The summed E-state index contributed by atoms with van der Waals surface area (Å²) in [7, 11) is -2.04. The third-order valence-corrected chi connectivity index (χ3v) is 6.33. The van der Waals surface area contributed by atoms with Crippen molar-refractivity contribution in [2.24, 2.45) is 0 Å². The lowest BCUT2D eigenvalue weighted by Gasteiger charge is -2.17. The lowest BCUT2D eigenvalue weighted by atomic mass is 10.1. The van der Waals surface area contributed by atoms with Crippen LogP contribution in [0.2, 0.25) is 0 Å². The number of carbonyl (C=O) groups excluding carboxylic acids is 1. The smallest absolute Gasteiger partial charge is 0.255 e. The van der Waals surface area contributed by atoms with Gasteiger partial charge in [-0.25, -0.2) is 8.42 Å². The van der Waals surface area contributed by atoms with E-state index in [9.17, 15) is 13.2 Å². The number of hydrogen-bond donors (Lipinski definition) is 1. The second-order valence-electron chi connectivity index (χ2n) is 6.65. The van der Waals surface area contributed by atoms with Gasteiger partial charge in [0.15, 0.2) is 0 Å². The van der Waals surface area contributed by atoms with Gasteiger partial charge < -0.3 is 10.1 Å². The molecule has 0 fully saturated rings. The predicted molar refractivity (Wildman–Crippen MR) is 117 cm³/mol. The molecule has 0 radical (unpaired) electrons. The molecule has 1 N–H and O–H groups in total. The maximum absolute atomic E-state index is 12.7. The van der Waals surface area contributed by atoms with Crippen molar-refractivity contribution in [2.45, 2.75) is 18.4 Å². The minimum absolute atomic E-state index is 0.201. The minimum atomic E-state index is -3.57. The Labute approximate surface area is 177 Å². The van der Waals surface area contributed by atoms with Gasteiger partial charge in [0.1, 0.15) is 5.75 Å². The lowest BCUT2D eigenvalue weighted by molar-refractivity contribution is 0.102. The number of anilines is 1. The van der Waals surface area contributed by atoms with E-state index in [2.05, 4.69) is 5.32 Å². The van der Waals surface area contributed by atoms with Crippen LogP contribution in [0.25, 0.3) is 0 Å². The van der Waals surface area contributed by atoms with Crippen LogP contribution >= 0.6 is 0 Å². The Kier molecular flexibility index (Phi) is 6.87. The predicted octanol–water partition coefficient (Wildman–Crippen LogP) is 4.16. The molecule has 3 aromatic carbocycles. The molecule has 156 valence electrons. The number of amides is 1. The first kappa shape index (κ1) is 21.5. The van der Waals surface area contributed by atoms with Crippen LogP contribution in [0.3, 0.4) is 0 Å². The zero-order chi connectivity index (χ0) is 21.6. The lowest BCUT2D eigenvalue weighted by Crippen LogP contribution is -2.26. The Morgan fingerprint density at radius 1 is 0.933 bits per heavy atom. The zero-order valence-electron chi connectivity index (χ0n) is 16.9. The van der Waals surface area contributed by atoms with Crippen molar-refractivity contribution in [3.8, 4) is 5.75 Å². The summed E-state index contributed by atoms with van der Waals surface area (Å²) in [5.74, 6) is 0.344. The number of nitrogens with zero attached hydrogens (tertiary/aromatic N) is 1. The fourth-order valence-corrected chi connectivity index (χ4v) is 4.10. The molecule has 0 atom stereocenters. The van der Waals surface area contributed by atoms with E-state index in [0.717, 1.165) is 5.56 Å². The molecule has 0 saturated carbocycles. The van der Waals surface area contributed by atoms with Crippen LogP contribution in [0.5, 0.6) is 5.75 Å². The summed E-state index contributed by atoms with van der Waals surface area (Å²) in [6.45, 7) is 2.58. The van der Waals surface area contributed by atoms with E-state index in [-0.39, 0.29) is 17.3 Å². The summed E-state index contributed by atoms with van der Waals surface area (Å²) in [6.07, 6.45) is 0. The number of nitrogens with one attached hydrogen (secondary N) is 1. The minimum Gasteiger partial charge on any atom is -0.492 e. The highest BCUT2D eigenvalue weighted by Gasteiger charge is 2.20. The van der Waals surface area contributed by atoms with Crippen LogP contribution in [0, 0.1) is 0 Å². The van der Waals surface area contributed by atoms with Crippen molar-refractivity contribution in [1.82, 2.24) is 4.31 Å². The van der Waals surface area contributed by atoms with Gasteiger partial charge in [0.2, 0.25) is 10.0 Å². The number of benzene rings is 3. The molecule has 0 saturated heterocycles. The van der Waals surface area contributed by atoms with Gasteiger partial charge in [-0.15, -0.1) is 0 Å². The summed E-state index contributed by atoms with van der Waals surface area (Å²) in [5, 5.41) is 2.85. The number of carbonyl (C=O) groups is 1. The first-order valence-electron chi connectivity index (χ1n) is 9.55. The molecule has 30 heavy (non-hydrogen) atoms. The standard InChI is InChI=1S/C23H24N2O4S/c1-3-29-22-12-8-7-11-21(22)24-23(26)19-15-13-18(14-16-19)17-25(2)30(27,28)20-9-5-4-6-10-20/h4-16H,3,17H2,1-2H3,(H,24,26). The van der Waals surface area contributed by atoms with Crippen molar-refractivity contribution >= 4 is 21.6 Å². The molecule has 0 heterocycles. The Balaban J connectivity index is 1.68. The van der Waals surface area contributed by atoms with Crippen LogP contribution in [0.4, 0.5) is 5.69 Å². The Hall–Kier alpha value is -3.16. The summed E-state index contributed by atoms with van der Waals surface area (Å²) >= 11 is 0. The van der Waals surface area contributed by atoms with E-state index < -0.39 is 10.0 Å². The summed E-state index contributed by atoms with van der Waals surface area (Å²) in [4.78, 5) is 12.8.